The molecule has 2 N–H and O–H groups in total. The maximum Gasteiger partial charge on any atom is 0.339 e. The molecular formula is C18H19NO3S. The highest BCUT2D eigenvalue weighted by molar-refractivity contribution is 7.15. The molecule has 120 valence electrons. The molecule has 2 aromatic rings. The fourth-order valence-corrected chi connectivity index (χ4v) is 3.97. The molecule has 0 aliphatic heterocycles. The smallest absolute Gasteiger partial charge is 0.339 e. The maximum atomic E-state index is 11.7. The summed E-state index contributed by atoms with van der Waals surface area (Å²) in [6, 6.07) is 6.20. The van der Waals surface area contributed by atoms with Crippen molar-refractivity contribution in [2.45, 2.75) is 39.0 Å². The molecule has 0 bridgehead atoms. The molecule has 4 nitrogen and oxygen atoms in total. The Labute approximate surface area is 139 Å². The number of anilines is 1. The molecule has 3 rings (SSSR count). The van der Waals surface area contributed by atoms with Crippen LogP contribution in [0.4, 0.5) is 5.00 Å². The van der Waals surface area contributed by atoms with Crippen molar-refractivity contribution in [3.63, 3.8) is 0 Å². The SMILES string of the molecule is CCC(=O)Nc1scc(-c2ccc3c(c2)CCCC3)c1C(=O)O. The fraction of sp³-hybridized carbons (Fsp3) is 0.333. The summed E-state index contributed by atoms with van der Waals surface area (Å²) in [7, 11) is 0. The Morgan fingerprint density at radius 3 is 2.65 bits per heavy atom. The summed E-state index contributed by atoms with van der Waals surface area (Å²) in [6.07, 6.45) is 4.88. The maximum absolute atomic E-state index is 11.7. The number of fused-ring (bicyclic) bond motifs is 1. The van der Waals surface area contributed by atoms with Crippen LogP contribution in [0.3, 0.4) is 0 Å². The van der Waals surface area contributed by atoms with E-state index in [9.17, 15) is 14.7 Å². The average Bonchev–Trinajstić information content (AvgIpc) is 2.98. The van der Waals surface area contributed by atoms with Crippen molar-refractivity contribution in [1.82, 2.24) is 0 Å². The van der Waals surface area contributed by atoms with E-state index in [4.69, 9.17) is 0 Å². The summed E-state index contributed by atoms with van der Waals surface area (Å²) in [5.74, 6) is -1.18. The molecule has 0 atom stereocenters. The van der Waals surface area contributed by atoms with Crippen molar-refractivity contribution in [3.8, 4) is 11.1 Å². The van der Waals surface area contributed by atoms with Crippen molar-refractivity contribution in [2.75, 3.05) is 5.32 Å². The highest BCUT2D eigenvalue weighted by Crippen LogP contribution is 2.37. The van der Waals surface area contributed by atoms with Crippen LogP contribution in [0.1, 0.15) is 47.7 Å². The molecule has 0 saturated carbocycles. The largest absolute Gasteiger partial charge is 0.478 e. The summed E-state index contributed by atoms with van der Waals surface area (Å²) in [4.78, 5) is 23.3. The summed E-state index contributed by atoms with van der Waals surface area (Å²) >= 11 is 1.27. The highest BCUT2D eigenvalue weighted by atomic mass is 32.1. The van der Waals surface area contributed by atoms with Gasteiger partial charge in [0.1, 0.15) is 10.6 Å². The van der Waals surface area contributed by atoms with E-state index in [0.29, 0.717) is 17.0 Å². The van der Waals surface area contributed by atoms with E-state index in [1.54, 1.807) is 6.92 Å². The van der Waals surface area contributed by atoms with Crippen LogP contribution in [0.5, 0.6) is 0 Å². The van der Waals surface area contributed by atoms with Crippen molar-refractivity contribution < 1.29 is 14.7 Å². The lowest BCUT2D eigenvalue weighted by Crippen LogP contribution is -2.11. The van der Waals surface area contributed by atoms with Crippen LogP contribution in [0, 0.1) is 0 Å². The van der Waals surface area contributed by atoms with Gasteiger partial charge in [-0.1, -0.05) is 25.1 Å². The Morgan fingerprint density at radius 2 is 1.96 bits per heavy atom. The number of carboxylic acids is 1. The van der Waals surface area contributed by atoms with Gasteiger partial charge in [-0.15, -0.1) is 11.3 Å². The number of thiophene rings is 1. The first-order valence-electron chi connectivity index (χ1n) is 7.87. The molecular weight excluding hydrogens is 310 g/mol. The zero-order valence-electron chi connectivity index (χ0n) is 13.0. The normalized spacial score (nSPS) is 13.4. The Bertz CT molecular complexity index is 764. The standard InChI is InChI=1S/C18H19NO3S/c1-2-15(20)19-17-16(18(21)22)14(10-23-17)13-8-7-11-5-3-4-6-12(11)9-13/h7-10H,2-6H2,1H3,(H,19,20)(H,21,22). The van der Waals surface area contributed by atoms with Gasteiger partial charge in [0.15, 0.2) is 0 Å². The first-order valence-corrected chi connectivity index (χ1v) is 8.75. The van der Waals surface area contributed by atoms with Gasteiger partial charge in [0.05, 0.1) is 0 Å². The zero-order chi connectivity index (χ0) is 16.4. The number of hydrogen-bond donors (Lipinski definition) is 2. The quantitative estimate of drug-likeness (QED) is 0.877. The molecule has 1 heterocycles. The molecule has 23 heavy (non-hydrogen) atoms. The van der Waals surface area contributed by atoms with Crippen LogP contribution in [-0.4, -0.2) is 17.0 Å². The van der Waals surface area contributed by atoms with Gasteiger partial charge in [0.2, 0.25) is 5.91 Å². The van der Waals surface area contributed by atoms with Gasteiger partial charge in [-0.3, -0.25) is 4.79 Å². The van der Waals surface area contributed by atoms with Crippen molar-refractivity contribution >= 4 is 28.2 Å². The monoisotopic (exact) mass is 329 g/mol. The molecule has 0 fully saturated rings. The fourth-order valence-electron chi connectivity index (χ4n) is 2.99. The van der Waals surface area contributed by atoms with E-state index in [1.807, 2.05) is 11.4 Å². The number of aromatic carboxylic acids is 1. The molecule has 0 unspecified atom stereocenters. The van der Waals surface area contributed by atoms with Crippen molar-refractivity contribution in [1.29, 1.82) is 0 Å². The molecule has 1 aromatic carbocycles. The second kappa shape index (κ2) is 6.54. The minimum atomic E-state index is -1.01. The molecule has 0 radical (unpaired) electrons. The van der Waals surface area contributed by atoms with E-state index in [1.165, 1.54) is 35.3 Å². The molecule has 1 aromatic heterocycles. The predicted molar refractivity (Wildman–Crippen MR) is 92.3 cm³/mol. The summed E-state index contributed by atoms with van der Waals surface area (Å²) < 4.78 is 0. The second-order valence-electron chi connectivity index (χ2n) is 5.75. The van der Waals surface area contributed by atoms with Crippen LogP contribution < -0.4 is 5.32 Å². The van der Waals surface area contributed by atoms with Gasteiger partial charge in [-0.25, -0.2) is 4.79 Å². The van der Waals surface area contributed by atoms with E-state index in [-0.39, 0.29) is 11.5 Å². The van der Waals surface area contributed by atoms with E-state index < -0.39 is 5.97 Å². The van der Waals surface area contributed by atoms with E-state index >= 15 is 0 Å². The summed E-state index contributed by atoms with van der Waals surface area (Å²) in [5, 5.41) is 14.5. The van der Waals surface area contributed by atoms with Gasteiger partial charge in [0.25, 0.3) is 0 Å². The summed E-state index contributed by atoms with van der Waals surface area (Å²) in [5.41, 5.74) is 4.47. The van der Waals surface area contributed by atoms with E-state index in [2.05, 4.69) is 17.4 Å². The average molecular weight is 329 g/mol. The van der Waals surface area contributed by atoms with Crippen LogP contribution in [-0.2, 0) is 17.6 Å². The number of carbonyl (C=O) groups excluding carboxylic acids is 1. The van der Waals surface area contributed by atoms with Gasteiger partial charge in [-0.2, -0.15) is 0 Å². The lowest BCUT2D eigenvalue weighted by atomic mass is 9.89. The Balaban J connectivity index is 2.02. The third-order valence-corrected chi connectivity index (χ3v) is 5.13. The lowest BCUT2D eigenvalue weighted by Gasteiger charge is -2.16. The topological polar surface area (TPSA) is 66.4 Å². The van der Waals surface area contributed by atoms with Crippen LogP contribution in [0.2, 0.25) is 0 Å². The lowest BCUT2D eigenvalue weighted by molar-refractivity contribution is -0.115. The number of nitrogens with one attached hydrogen (secondary N) is 1. The third kappa shape index (κ3) is 3.15. The van der Waals surface area contributed by atoms with Crippen molar-refractivity contribution in [3.05, 3.63) is 40.3 Å². The number of carbonyl (C=O) groups is 2. The number of amides is 1. The molecule has 1 aliphatic rings. The number of carboxylic acid groups (broad SMARTS) is 1. The van der Waals surface area contributed by atoms with Crippen LogP contribution in [0.15, 0.2) is 23.6 Å². The first kappa shape index (κ1) is 15.7. The Hall–Kier alpha value is -2.14. The Morgan fingerprint density at radius 1 is 1.22 bits per heavy atom. The molecule has 0 saturated heterocycles. The zero-order valence-corrected chi connectivity index (χ0v) is 13.8. The molecule has 1 aliphatic carbocycles. The highest BCUT2D eigenvalue weighted by Gasteiger charge is 2.21. The van der Waals surface area contributed by atoms with Crippen LogP contribution in [0.25, 0.3) is 11.1 Å². The minimum Gasteiger partial charge on any atom is -0.478 e. The number of aryl methyl sites for hydroxylation is 2. The van der Waals surface area contributed by atoms with E-state index in [0.717, 1.165) is 18.4 Å². The van der Waals surface area contributed by atoms with Gasteiger partial charge >= 0.3 is 5.97 Å². The van der Waals surface area contributed by atoms with Crippen LogP contribution >= 0.6 is 11.3 Å². The predicted octanol–water partition coefficient (Wildman–Crippen LogP) is 4.34. The molecule has 5 heteroatoms. The number of hydrogen-bond acceptors (Lipinski definition) is 3. The third-order valence-electron chi connectivity index (χ3n) is 4.24. The van der Waals surface area contributed by atoms with Crippen molar-refractivity contribution in [2.24, 2.45) is 0 Å². The van der Waals surface area contributed by atoms with Gasteiger partial charge in [-0.05, 0) is 42.4 Å². The summed E-state index contributed by atoms with van der Waals surface area (Å²) in [6.45, 7) is 1.74. The number of benzene rings is 1. The first-order chi connectivity index (χ1) is 11.1. The number of rotatable bonds is 4. The minimum absolute atomic E-state index is 0.175. The Kier molecular flexibility index (Phi) is 4.48. The van der Waals surface area contributed by atoms with Gasteiger partial charge in [0, 0.05) is 17.4 Å². The molecule has 0 spiro atoms. The molecule has 1 amide bonds. The van der Waals surface area contributed by atoms with Gasteiger partial charge < -0.3 is 10.4 Å². The second-order valence-corrected chi connectivity index (χ2v) is 6.63.